The third kappa shape index (κ3) is 3.27. The predicted molar refractivity (Wildman–Crippen MR) is 70.4 cm³/mol. The van der Waals surface area contributed by atoms with Gasteiger partial charge in [0.15, 0.2) is 0 Å². The minimum atomic E-state index is -3.93. The largest absolute Gasteiger partial charge is 0.319 e. The van der Waals surface area contributed by atoms with E-state index in [4.69, 9.17) is 0 Å². The van der Waals surface area contributed by atoms with Gasteiger partial charge < -0.3 is 5.32 Å². The molecule has 1 unspecified atom stereocenters. The highest BCUT2D eigenvalue weighted by atomic mass is 19.3. The van der Waals surface area contributed by atoms with Crippen molar-refractivity contribution < 1.29 is 17.6 Å². The summed E-state index contributed by atoms with van der Waals surface area (Å²) in [6.07, 6.45) is 0.477. The molecule has 2 fully saturated rings. The number of piperazine rings is 1. The molecule has 1 spiro atoms. The Morgan fingerprint density at radius 3 is 2.35 bits per heavy atom. The lowest BCUT2D eigenvalue weighted by Gasteiger charge is -2.48. The Kier molecular flexibility index (Phi) is 4.64. The molecule has 1 saturated heterocycles. The summed E-state index contributed by atoms with van der Waals surface area (Å²) in [4.78, 5) is 1.60. The van der Waals surface area contributed by atoms with Crippen molar-refractivity contribution in [2.45, 2.75) is 63.5 Å². The Labute approximate surface area is 117 Å². The van der Waals surface area contributed by atoms with Gasteiger partial charge in [-0.05, 0) is 18.8 Å². The molecule has 0 amide bonds. The summed E-state index contributed by atoms with van der Waals surface area (Å²) in [5.74, 6) is -3.76. The van der Waals surface area contributed by atoms with Gasteiger partial charge in [0, 0.05) is 24.7 Å². The second-order valence-corrected chi connectivity index (χ2v) is 6.65. The van der Waals surface area contributed by atoms with E-state index in [-0.39, 0.29) is 17.5 Å². The monoisotopic (exact) mass is 296 g/mol. The zero-order valence-corrected chi connectivity index (χ0v) is 12.1. The third-order valence-electron chi connectivity index (χ3n) is 4.72. The summed E-state index contributed by atoms with van der Waals surface area (Å²) in [7, 11) is 0. The molecule has 6 heteroatoms. The lowest BCUT2D eigenvalue weighted by Crippen LogP contribution is -2.66. The molecule has 0 radical (unpaired) electrons. The molecule has 118 valence electrons. The molecular formula is C14H24F4N2. The summed E-state index contributed by atoms with van der Waals surface area (Å²) in [6, 6.07) is -0.106. The zero-order valence-electron chi connectivity index (χ0n) is 12.1. The molecule has 2 aliphatic rings. The molecule has 1 saturated carbocycles. The van der Waals surface area contributed by atoms with Crippen molar-refractivity contribution in [3.8, 4) is 0 Å². The summed E-state index contributed by atoms with van der Waals surface area (Å²) in [6.45, 7) is 4.13. The average Bonchev–Trinajstić information content (AvgIpc) is 2.76. The number of rotatable bonds is 4. The van der Waals surface area contributed by atoms with Gasteiger partial charge in [-0.1, -0.05) is 26.7 Å². The van der Waals surface area contributed by atoms with E-state index < -0.39 is 18.9 Å². The molecular weight excluding hydrogens is 272 g/mol. The minimum absolute atomic E-state index is 0.106. The van der Waals surface area contributed by atoms with Gasteiger partial charge >= 0.3 is 12.3 Å². The van der Waals surface area contributed by atoms with Crippen LogP contribution in [0.15, 0.2) is 0 Å². The first-order chi connectivity index (χ1) is 9.26. The Balaban J connectivity index is 2.11. The van der Waals surface area contributed by atoms with Gasteiger partial charge in [0.25, 0.3) is 0 Å². The van der Waals surface area contributed by atoms with Crippen LogP contribution in [0.2, 0.25) is 0 Å². The second-order valence-electron chi connectivity index (χ2n) is 6.65. The van der Waals surface area contributed by atoms with Crippen molar-refractivity contribution in [1.29, 1.82) is 0 Å². The minimum Gasteiger partial charge on any atom is -0.308 e. The fourth-order valence-electron chi connectivity index (χ4n) is 3.57. The van der Waals surface area contributed by atoms with E-state index in [9.17, 15) is 17.6 Å². The maximum Gasteiger partial charge on any atom is 0.319 e. The number of hydrogen-bond donors (Lipinski definition) is 1. The van der Waals surface area contributed by atoms with Crippen molar-refractivity contribution in [2.24, 2.45) is 5.92 Å². The van der Waals surface area contributed by atoms with E-state index in [0.717, 1.165) is 25.7 Å². The van der Waals surface area contributed by atoms with Crippen molar-refractivity contribution in [3.63, 3.8) is 0 Å². The zero-order chi connectivity index (χ0) is 15.0. The molecule has 2 rings (SSSR count). The quantitative estimate of drug-likeness (QED) is 0.802. The number of nitrogens with one attached hydrogen (secondary N) is 1. The van der Waals surface area contributed by atoms with Crippen molar-refractivity contribution >= 4 is 0 Å². The van der Waals surface area contributed by atoms with Crippen LogP contribution in [0.3, 0.4) is 0 Å². The van der Waals surface area contributed by atoms with Gasteiger partial charge in [-0.2, -0.15) is 8.78 Å². The van der Waals surface area contributed by atoms with Crippen LogP contribution in [0.4, 0.5) is 17.6 Å². The first-order valence-electron chi connectivity index (χ1n) is 7.41. The number of hydrogen-bond acceptors (Lipinski definition) is 2. The first-order valence-corrected chi connectivity index (χ1v) is 7.41. The van der Waals surface area contributed by atoms with E-state index in [1.165, 1.54) is 0 Å². The van der Waals surface area contributed by atoms with Crippen LogP contribution in [0.1, 0.15) is 39.5 Å². The van der Waals surface area contributed by atoms with Crippen molar-refractivity contribution in [3.05, 3.63) is 0 Å². The normalized spacial score (nSPS) is 27.9. The Bertz CT molecular complexity index is 325. The molecule has 1 atom stereocenters. The third-order valence-corrected chi connectivity index (χ3v) is 4.72. The highest BCUT2D eigenvalue weighted by Crippen LogP contribution is 2.36. The fraction of sp³-hybridized carbons (Fsp3) is 1.00. The average molecular weight is 296 g/mol. The Morgan fingerprint density at radius 2 is 1.85 bits per heavy atom. The summed E-state index contributed by atoms with van der Waals surface area (Å²) >= 11 is 0. The molecule has 1 N–H and O–H groups in total. The Morgan fingerprint density at radius 1 is 1.25 bits per heavy atom. The van der Waals surface area contributed by atoms with Crippen LogP contribution in [0, 0.1) is 5.92 Å². The van der Waals surface area contributed by atoms with E-state index in [2.05, 4.69) is 5.32 Å². The smallest absolute Gasteiger partial charge is 0.308 e. The lowest BCUT2D eigenvalue weighted by molar-refractivity contribution is -0.153. The number of alkyl halides is 4. The van der Waals surface area contributed by atoms with Crippen molar-refractivity contribution in [2.75, 3.05) is 19.6 Å². The molecule has 20 heavy (non-hydrogen) atoms. The topological polar surface area (TPSA) is 15.3 Å². The van der Waals surface area contributed by atoms with Crippen LogP contribution in [-0.4, -0.2) is 48.5 Å². The highest BCUT2D eigenvalue weighted by Gasteiger charge is 2.48. The van der Waals surface area contributed by atoms with E-state index >= 15 is 0 Å². The molecule has 2 nitrogen and oxygen atoms in total. The SMILES string of the molecule is CC(C)C1CNC2(CCCC2)CN1CC(F)(F)C(F)F. The van der Waals surface area contributed by atoms with Gasteiger partial charge in [-0.25, -0.2) is 8.78 Å². The van der Waals surface area contributed by atoms with Crippen LogP contribution in [0.5, 0.6) is 0 Å². The summed E-state index contributed by atoms with van der Waals surface area (Å²) in [5.41, 5.74) is -0.135. The first kappa shape index (κ1) is 16.0. The molecule has 0 aromatic rings. The van der Waals surface area contributed by atoms with Crippen LogP contribution in [0.25, 0.3) is 0 Å². The maximum absolute atomic E-state index is 13.4. The Hall–Kier alpha value is -0.360. The summed E-state index contributed by atoms with van der Waals surface area (Å²) in [5, 5.41) is 3.50. The fourth-order valence-corrected chi connectivity index (χ4v) is 3.57. The van der Waals surface area contributed by atoms with Gasteiger partial charge in [0.05, 0.1) is 6.54 Å². The molecule has 0 bridgehead atoms. The van der Waals surface area contributed by atoms with E-state index in [0.29, 0.717) is 13.1 Å². The van der Waals surface area contributed by atoms with Crippen LogP contribution < -0.4 is 5.32 Å². The second kappa shape index (κ2) is 5.79. The van der Waals surface area contributed by atoms with Crippen LogP contribution in [-0.2, 0) is 0 Å². The lowest BCUT2D eigenvalue weighted by atomic mass is 9.89. The molecule has 1 aliphatic carbocycles. The molecule has 1 aliphatic heterocycles. The predicted octanol–water partition coefficient (Wildman–Crippen LogP) is 3.13. The molecule has 0 aromatic heterocycles. The van der Waals surface area contributed by atoms with Gasteiger partial charge in [-0.3, -0.25) is 4.90 Å². The van der Waals surface area contributed by atoms with Crippen LogP contribution >= 0.6 is 0 Å². The standard InChI is InChI=1S/C14H24F4N2/c1-10(2)11-7-19-13(5-3-4-6-13)8-20(11)9-14(17,18)12(15)16/h10-12,19H,3-9H2,1-2H3. The van der Waals surface area contributed by atoms with Gasteiger partial charge in [0.2, 0.25) is 0 Å². The van der Waals surface area contributed by atoms with Crippen molar-refractivity contribution in [1.82, 2.24) is 10.2 Å². The van der Waals surface area contributed by atoms with E-state index in [1.54, 1.807) is 4.90 Å². The van der Waals surface area contributed by atoms with Gasteiger partial charge in [0.1, 0.15) is 0 Å². The summed E-state index contributed by atoms with van der Waals surface area (Å²) < 4.78 is 51.8. The maximum atomic E-state index is 13.4. The highest BCUT2D eigenvalue weighted by molar-refractivity contribution is 5.02. The number of halogens is 4. The van der Waals surface area contributed by atoms with E-state index in [1.807, 2.05) is 13.8 Å². The molecule has 1 heterocycles. The van der Waals surface area contributed by atoms with Gasteiger partial charge in [-0.15, -0.1) is 0 Å². The number of nitrogens with zero attached hydrogens (tertiary/aromatic N) is 1. The molecule has 0 aromatic carbocycles.